The maximum absolute atomic E-state index is 12.1. The molecule has 0 saturated carbocycles. The SMILES string of the molecule is Cc1ccc(NC(=O)Nc2ccccc2)cc1NC(=O)C=Cc1nccs1. The number of aromatic nitrogens is 1. The van der Waals surface area contributed by atoms with E-state index in [1.165, 1.54) is 17.4 Å². The van der Waals surface area contributed by atoms with Crippen LogP contribution in [0.15, 0.2) is 66.2 Å². The minimum absolute atomic E-state index is 0.265. The lowest BCUT2D eigenvalue weighted by molar-refractivity contribution is -0.111. The van der Waals surface area contributed by atoms with Gasteiger partial charge in [0.2, 0.25) is 5.91 Å². The van der Waals surface area contributed by atoms with E-state index in [1.807, 2.05) is 36.6 Å². The van der Waals surface area contributed by atoms with Crippen LogP contribution in [-0.2, 0) is 4.79 Å². The Kier molecular flexibility index (Phi) is 5.96. The number of nitrogens with one attached hydrogen (secondary N) is 3. The van der Waals surface area contributed by atoms with Crippen molar-refractivity contribution in [1.82, 2.24) is 4.98 Å². The molecule has 0 aliphatic heterocycles. The fourth-order valence-electron chi connectivity index (χ4n) is 2.29. The normalized spacial score (nSPS) is 10.6. The molecule has 1 heterocycles. The van der Waals surface area contributed by atoms with Gasteiger partial charge in [-0.3, -0.25) is 4.79 Å². The van der Waals surface area contributed by atoms with Gasteiger partial charge in [0.15, 0.2) is 0 Å². The molecule has 0 bridgehead atoms. The van der Waals surface area contributed by atoms with E-state index in [2.05, 4.69) is 20.9 Å². The number of thiazole rings is 1. The van der Waals surface area contributed by atoms with Gasteiger partial charge in [-0.15, -0.1) is 11.3 Å². The number of hydrogen-bond donors (Lipinski definition) is 3. The molecule has 6 nitrogen and oxygen atoms in total. The third kappa shape index (κ3) is 5.52. The number of aryl methyl sites for hydroxylation is 1. The summed E-state index contributed by atoms with van der Waals surface area (Å²) in [5, 5.41) is 10.9. The molecule has 0 spiro atoms. The second-order valence-corrected chi connectivity index (χ2v) is 6.59. The molecule has 0 unspecified atom stereocenters. The van der Waals surface area contributed by atoms with E-state index >= 15 is 0 Å². The predicted molar refractivity (Wildman–Crippen MR) is 110 cm³/mol. The zero-order chi connectivity index (χ0) is 19.1. The van der Waals surface area contributed by atoms with Crippen LogP contribution in [0.5, 0.6) is 0 Å². The number of nitrogens with zero attached hydrogens (tertiary/aromatic N) is 1. The molecule has 27 heavy (non-hydrogen) atoms. The first-order valence-corrected chi connectivity index (χ1v) is 9.10. The van der Waals surface area contributed by atoms with Crippen molar-refractivity contribution >= 4 is 46.4 Å². The van der Waals surface area contributed by atoms with E-state index < -0.39 is 0 Å². The van der Waals surface area contributed by atoms with Gasteiger partial charge < -0.3 is 16.0 Å². The standard InChI is InChI=1S/C20H18N4O2S/c1-14-7-8-16(23-20(26)22-15-5-3-2-4-6-15)13-17(14)24-18(25)9-10-19-21-11-12-27-19/h2-13H,1H3,(H,24,25)(H2,22,23,26). The van der Waals surface area contributed by atoms with Crippen LogP contribution in [0.1, 0.15) is 10.6 Å². The highest BCUT2D eigenvalue weighted by molar-refractivity contribution is 7.10. The molecule has 0 aliphatic carbocycles. The van der Waals surface area contributed by atoms with E-state index in [1.54, 1.807) is 36.5 Å². The molecule has 3 N–H and O–H groups in total. The number of rotatable bonds is 5. The maximum atomic E-state index is 12.1. The molecule has 1 aromatic heterocycles. The Hall–Kier alpha value is -3.45. The number of urea groups is 1. The first-order valence-electron chi connectivity index (χ1n) is 8.22. The Bertz CT molecular complexity index is 953. The molecule has 0 aliphatic rings. The molecule has 136 valence electrons. The summed E-state index contributed by atoms with van der Waals surface area (Å²) < 4.78 is 0. The van der Waals surface area contributed by atoms with E-state index in [4.69, 9.17) is 0 Å². The van der Waals surface area contributed by atoms with Crippen LogP contribution in [0, 0.1) is 6.92 Å². The number of amides is 3. The van der Waals surface area contributed by atoms with Crippen molar-refractivity contribution in [3.63, 3.8) is 0 Å². The topological polar surface area (TPSA) is 83.1 Å². The largest absolute Gasteiger partial charge is 0.323 e. The van der Waals surface area contributed by atoms with Crippen molar-refractivity contribution in [3.05, 3.63) is 76.8 Å². The van der Waals surface area contributed by atoms with Gasteiger partial charge in [0, 0.05) is 34.7 Å². The van der Waals surface area contributed by atoms with E-state index in [9.17, 15) is 9.59 Å². The molecular formula is C20H18N4O2S. The molecule has 3 rings (SSSR count). The van der Waals surface area contributed by atoms with Crippen LogP contribution >= 0.6 is 11.3 Å². The highest BCUT2D eigenvalue weighted by Crippen LogP contribution is 2.21. The number of para-hydroxylation sites is 1. The van der Waals surface area contributed by atoms with Gasteiger partial charge in [-0.1, -0.05) is 24.3 Å². The number of benzene rings is 2. The lowest BCUT2D eigenvalue weighted by Crippen LogP contribution is -2.19. The van der Waals surface area contributed by atoms with Crippen molar-refractivity contribution in [3.8, 4) is 0 Å². The maximum Gasteiger partial charge on any atom is 0.323 e. The lowest BCUT2D eigenvalue weighted by Gasteiger charge is -2.11. The Morgan fingerprint density at radius 2 is 1.78 bits per heavy atom. The van der Waals surface area contributed by atoms with Crippen LogP contribution < -0.4 is 16.0 Å². The summed E-state index contributed by atoms with van der Waals surface area (Å²) in [6, 6.07) is 14.1. The molecule has 3 aromatic rings. The van der Waals surface area contributed by atoms with Crippen LogP contribution in [0.2, 0.25) is 0 Å². The third-order valence-corrected chi connectivity index (χ3v) is 4.35. The second kappa shape index (κ2) is 8.77. The number of carbonyl (C=O) groups excluding carboxylic acids is 2. The highest BCUT2D eigenvalue weighted by atomic mass is 32.1. The number of anilines is 3. The van der Waals surface area contributed by atoms with Crippen molar-refractivity contribution in [2.45, 2.75) is 6.92 Å². The summed E-state index contributed by atoms with van der Waals surface area (Å²) in [5.41, 5.74) is 2.79. The summed E-state index contributed by atoms with van der Waals surface area (Å²) in [7, 11) is 0. The van der Waals surface area contributed by atoms with Gasteiger partial charge in [0.05, 0.1) is 0 Å². The molecular weight excluding hydrogens is 360 g/mol. The number of carbonyl (C=O) groups is 2. The molecule has 7 heteroatoms. The number of hydrogen-bond acceptors (Lipinski definition) is 4. The van der Waals surface area contributed by atoms with Crippen LogP contribution in [0.25, 0.3) is 6.08 Å². The summed E-state index contributed by atoms with van der Waals surface area (Å²) in [6.45, 7) is 1.88. The Balaban J connectivity index is 1.63. The van der Waals surface area contributed by atoms with E-state index in [0.717, 1.165) is 10.6 Å². The lowest BCUT2D eigenvalue weighted by atomic mass is 10.1. The molecule has 0 saturated heterocycles. The van der Waals surface area contributed by atoms with Crippen LogP contribution in [0.3, 0.4) is 0 Å². The van der Waals surface area contributed by atoms with Gasteiger partial charge in [0.25, 0.3) is 0 Å². The summed E-state index contributed by atoms with van der Waals surface area (Å²) in [6.07, 6.45) is 4.77. The molecule has 0 fully saturated rings. The smallest absolute Gasteiger partial charge is 0.322 e. The van der Waals surface area contributed by atoms with Crippen molar-refractivity contribution < 1.29 is 9.59 Å². The van der Waals surface area contributed by atoms with Gasteiger partial charge in [0.1, 0.15) is 5.01 Å². The quantitative estimate of drug-likeness (QED) is 0.560. The third-order valence-electron chi connectivity index (χ3n) is 3.61. The monoisotopic (exact) mass is 378 g/mol. The fourth-order valence-corrected chi connectivity index (χ4v) is 2.82. The van der Waals surface area contributed by atoms with Crippen molar-refractivity contribution in [2.24, 2.45) is 0 Å². The van der Waals surface area contributed by atoms with E-state index in [0.29, 0.717) is 17.1 Å². The Morgan fingerprint density at radius 1 is 1.00 bits per heavy atom. The van der Waals surface area contributed by atoms with Crippen LogP contribution in [-0.4, -0.2) is 16.9 Å². The summed E-state index contributed by atoms with van der Waals surface area (Å²) in [4.78, 5) is 28.3. The van der Waals surface area contributed by atoms with Gasteiger partial charge in [-0.2, -0.15) is 0 Å². The van der Waals surface area contributed by atoms with Crippen molar-refractivity contribution in [1.29, 1.82) is 0 Å². The van der Waals surface area contributed by atoms with Gasteiger partial charge >= 0.3 is 6.03 Å². The van der Waals surface area contributed by atoms with Gasteiger partial charge in [-0.25, -0.2) is 9.78 Å². The first kappa shape index (κ1) is 18.3. The Morgan fingerprint density at radius 3 is 2.52 bits per heavy atom. The first-order chi connectivity index (χ1) is 13.1. The van der Waals surface area contributed by atoms with Gasteiger partial charge in [-0.05, 0) is 42.8 Å². The summed E-state index contributed by atoms with van der Waals surface area (Å²) in [5.74, 6) is -0.265. The minimum atomic E-state index is -0.356. The summed E-state index contributed by atoms with van der Waals surface area (Å²) >= 11 is 1.45. The molecule has 0 atom stereocenters. The van der Waals surface area contributed by atoms with Crippen LogP contribution in [0.4, 0.5) is 21.9 Å². The average Bonchev–Trinajstić information content (AvgIpc) is 3.17. The average molecular weight is 378 g/mol. The minimum Gasteiger partial charge on any atom is -0.322 e. The molecule has 3 amide bonds. The fraction of sp³-hybridized carbons (Fsp3) is 0.0500. The molecule has 0 radical (unpaired) electrons. The van der Waals surface area contributed by atoms with E-state index in [-0.39, 0.29) is 11.9 Å². The zero-order valence-corrected chi connectivity index (χ0v) is 15.4. The second-order valence-electron chi connectivity index (χ2n) is 5.67. The zero-order valence-electron chi connectivity index (χ0n) is 14.6. The predicted octanol–water partition coefficient (Wildman–Crippen LogP) is 4.75. The molecule has 2 aromatic carbocycles. The van der Waals surface area contributed by atoms with Crippen molar-refractivity contribution in [2.75, 3.05) is 16.0 Å². The highest BCUT2D eigenvalue weighted by Gasteiger charge is 2.07. The Labute approximate surface area is 161 Å².